The molecular formula is C7H12N2O2. The van der Waals surface area contributed by atoms with E-state index in [0.29, 0.717) is 19.5 Å². The molecule has 1 rings (SSSR count). The standard InChI is InChI=1S/C7H12N2O2/c1-2-8-6(10)5-3-4-9-7(5)11/h5H,2-4H2,1H3,(H,8,10)(H,9,11)/t5-/m0/s1. The zero-order valence-electron chi connectivity index (χ0n) is 6.52. The van der Waals surface area contributed by atoms with Gasteiger partial charge in [-0.15, -0.1) is 0 Å². The first-order valence-corrected chi connectivity index (χ1v) is 3.81. The lowest BCUT2D eigenvalue weighted by atomic mass is 10.1. The van der Waals surface area contributed by atoms with Crippen molar-refractivity contribution < 1.29 is 9.59 Å². The second-order valence-corrected chi connectivity index (χ2v) is 2.53. The lowest BCUT2D eigenvalue weighted by molar-refractivity contribution is -0.132. The average Bonchev–Trinajstić information content (AvgIpc) is 2.36. The van der Waals surface area contributed by atoms with Crippen LogP contribution >= 0.6 is 0 Å². The van der Waals surface area contributed by atoms with Crippen molar-refractivity contribution in [3.8, 4) is 0 Å². The molecule has 4 heteroatoms. The van der Waals surface area contributed by atoms with Crippen molar-refractivity contribution in [3.05, 3.63) is 0 Å². The minimum Gasteiger partial charge on any atom is -0.356 e. The normalized spacial score (nSPS) is 23.0. The Morgan fingerprint density at radius 2 is 2.55 bits per heavy atom. The van der Waals surface area contributed by atoms with E-state index in [4.69, 9.17) is 0 Å². The van der Waals surface area contributed by atoms with Crippen LogP contribution in [-0.4, -0.2) is 24.9 Å². The molecule has 1 aliphatic heterocycles. The smallest absolute Gasteiger partial charge is 0.232 e. The Kier molecular flexibility index (Phi) is 2.46. The molecule has 0 radical (unpaired) electrons. The van der Waals surface area contributed by atoms with Crippen LogP contribution in [0, 0.1) is 5.92 Å². The maximum absolute atomic E-state index is 11.1. The Hall–Kier alpha value is -1.06. The van der Waals surface area contributed by atoms with E-state index in [9.17, 15) is 9.59 Å². The van der Waals surface area contributed by atoms with E-state index in [1.165, 1.54) is 0 Å². The van der Waals surface area contributed by atoms with Gasteiger partial charge in [-0.05, 0) is 13.3 Å². The summed E-state index contributed by atoms with van der Waals surface area (Å²) in [7, 11) is 0. The molecule has 62 valence electrons. The molecule has 0 saturated carbocycles. The summed E-state index contributed by atoms with van der Waals surface area (Å²) in [5, 5.41) is 5.23. The van der Waals surface area contributed by atoms with Crippen LogP contribution in [0.15, 0.2) is 0 Å². The van der Waals surface area contributed by atoms with Gasteiger partial charge in [-0.1, -0.05) is 0 Å². The Labute approximate surface area is 65.3 Å². The van der Waals surface area contributed by atoms with E-state index in [-0.39, 0.29) is 11.8 Å². The number of amides is 2. The van der Waals surface area contributed by atoms with Crippen LogP contribution in [0.25, 0.3) is 0 Å². The highest BCUT2D eigenvalue weighted by Gasteiger charge is 2.30. The summed E-state index contributed by atoms with van der Waals surface area (Å²) in [6.07, 6.45) is 0.630. The molecule has 0 spiro atoms. The Balaban J connectivity index is 2.46. The number of carbonyl (C=O) groups is 2. The zero-order chi connectivity index (χ0) is 8.27. The van der Waals surface area contributed by atoms with E-state index in [2.05, 4.69) is 10.6 Å². The molecule has 1 aliphatic rings. The van der Waals surface area contributed by atoms with Gasteiger partial charge in [0.1, 0.15) is 5.92 Å². The second-order valence-electron chi connectivity index (χ2n) is 2.53. The van der Waals surface area contributed by atoms with Gasteiger partial charge in [0.2, 0.25) is 11.8 Å². The van der Waals surface area contributed by atoms with E-state index < -0.39 is 5.92 Å². The van der Waals surface area contributed by atoms with Crippen LogP contribution < -0.4 is 10.6 Å². The molecule has 2 N–H and O–H groups in total. The molecule has 1 heterocycles. The summed E-state index contributed by atoms with van der Waals surface area (Å²) in [6.45, 7) is 3.05. The summed E-state index contributed by atoms with van der Waals surface area (Å²) in [5.74, 6) is -0.742. The van der Waals surface area contributed by atoms with Crippen molar-refractivity contribution in [2.45, 2.75) is 13.3 Å². The topological polar surface area (TPSA) is 58.2 Å². The quantitative estimate of drug-likeness (QED) is 0.517. The summed E-state index contributed by atoms with van der Waals surface area (Å²) in [6, 6.07) is 0. The Bertz CT molecular complexity index is 179. The van der Waals surface area contributed by atoms with E-state index >= 15 is 0 Å². The number of rotatable bonds is 2. The Morgan fingerprint density at radius 3 is 3.00 bits per heavy atom. The molecule has 1 saturated heterocycles. The van der Waals surface area contributed by atoms with E-state index in [0.717, 1.165) is 0 Å². The molecule has 2 amide bonds. The second kappa shape index (κ2) is 3.37. The summed E-state index contributed by atoms with van der Waals surface area (Å²) in [5.41, 5.74) is 0. The monoisotopic (exact) mass is 156 g/mol. The van der Waals surface area contributed by atoms with Gasteiger partial charge in [-0.2, -0.15) is 0 Å². The highest BCUT2D eigenvalue weighted by Crippen LogP contribution is 2.08. The van der Waals surface area contributed by atoms with Crippen LogP contribution in [0.4, 0.5) is 0 Å². The van der Waals surface area contributed by atoms with Gasteiger partial charge in [0.05, 0.1) is 0 Å². The fourth-order valence-corrected chi connectivity index (χ4v) is 1.14. The molecule has 0 aliphatic carbocycles. The van der Waals surface area contributed by atoms with Crippen molar-refractivity contribution >= 4 is 11.8 Å². The molecule has 0 bridgehead atoms. The first-order valence-electron chi connectivity index (χ1n) is 3.81. The third kappa shape index (κ3) is 1.69. The number of carbonyl (C=O) groups excluding carboxylic acids is 2. The van der Waals surface area contributed by atoms with E-state index in [1.807, 2.05) is 6.92 Å². The van der Waals surface area contributed by atoms with Crippen molar-refractivity contribution in [2.24, 2.45) is 5.92 Å². The van der Waals surface area contributed by atoms with Crippen LogP contribution in [0.1, 0.15) is 13.3 Å². The van der Waals surface area contributed by atoms with Gasteiger partial charge >= 0.3 is 0 Å². The van der Waals surface area contributed by atoms with Crippen LogP contribution in [-0.2, 0) is 9.59 Å². The summed E-state index contributed by atoms with van der Waals surface area (Å²) in [4.78, 5) is 22.0. The number of hydrogen-bond donors (Lipinski definition) is 2. The molecule has 0 unspecified atom stereocenters. The highest BCUT2D eigenvalue weighted by atomic mass is 16.2. The third-order valence-corrected chi connectivity index (χ3v) is 1.72. The summed E-state index contributed by atoms with van der Waals surface area (Å²) < 4.78 is 0. The molecular weight excluding hydrogens is 144 g/mol. The van der Waals surface area contributed by atoms with Crippen molar-refractivity contribution in [1.29, 1.82) is 0 Å². The average molecular weight is 156 g/mol. The zero-order valence-corrected chi connectivity index (χ0v) is 6.52. The summed E-state index contributed by atoms with van der Waals surface area (Å²) >= 11 is 0. The van der Waals surface area contributed by atoms with E-state index in [1.54, 1.807) is 0 Å². The molecule has 0 aromatic heterocycles. The Morgan fingerprint density at radius 1 is 1.82 bits per heavy atom. The minimum atomic E-state index is -0.449. The van der Waals surface area contributed by atoms with Gasteiger partial charge in [-0.3, -0.25) is 9.59 Å². The van der Waals surface area contributed by atoms with Gasteiger partial charge < -0.3 is 10.6 Å². The molecule has 11 heavy (non-hydrogen) atoms. The largest absolute Gasteiger partial charge is 0.356 e. The predicted molar refractivity (Wildman–Crippen MR) is 39.8 cm³/mol. The van der Waals surface area contributed by atoms with Crippen molar-refractivity contribution in [1.82, 2.24) is 10.6 Å². The van der Waals surface area contributed by atoms with Crippen LogP contribution in [0.2, 0.25) is 0 Å². The molecule has 0 aromatic carbocycles. The van der Waals surface area contributed by atoms with Gasteiger partial charge in [0, 0.05) is 13.1 Å². The first-order chi connectivity index (χ1) is 5.25. The lowest BCUT2D eigenvalue weighted by Crippen LogP contribution is -2.34. The number of hydrogen-bond acceptors (Lipinski definition) is 2. The van der Waals surface area contributed by atoms with Gasteiger partial charge in [-0.25, -0.2) is 0 Å². The van der Waals surface area contributed by atoms with Crippen molar-refractivity contribution in [3.63, 3.8) is 0 Å². The third-order valence-electron chi connectivity index (χ3n) is 1.72. The maximum Gasteiger partial charge on any atom is 0.232 e. The lowest BCUT2D eigenvalue weighted by Gasteiger charge is -2.05. The first kappa shape index (κ1) is 8.04. The molecule has 0 aromatic rings. The SMILES string of the molecule is CCNC(=O)[C@@H]1CCNC1=O. The maximum atomic E-state index is 11.1. The minimum absolute atomic E-state index is 0.143. The fourth-order valence-electron chi connectivity index (χ4n) is 1.14. The van der Waals surface area contributed by atoms with Crippen LogP contribution in [0.5, 0.6) is 0 Å². The molecule has 1 atom stereocenters. The molecule has 4 nitrogen and oxygen atoms in total. The van der Waals surface area contributed by atoms with Gasteiger partial charge in [0.25, 0.3) is 0 Å². The van der Waals surface area contributed by atoms with Crippen LogP contribution in [0.3, 0.4) is 0 Å². The fraction of sp³-hybridized carbons (Fsp3) is 0.714. The highest BCUT2D eigenvalue weighted by molar-refractivity contribution is 6.01. The van der Waals surface area contributed by atoms with Gasteiger partial charge in [0.15, 0.2) is 0 Å². The predicted octanol–water partition coefficient (Wildman–Crippen LogP) is -0.741. The molecule has 1 fully saturated rings. The van der Waals surface area contributed by atoms with Crippen molar-refractivity contribution in [2.75, 3.05) is 13.1 Å². The number of nitrogens with one attached hydrogen (secondary N) is 2.